The average molecular weight is 464 g/mol. The molecule has 0 unspecified atom stereocenters. The van der Waals surface area contributed by atoms with E-state index < -0.39 is 15.9 Å². The highest BCUT2D eigenvalue weighted by Crippen LogP contribution is 2.25. The number of carbonyl (C=O) groups is 1. The van der Waals surface area contributed by atoms with Gasteiger partial charge in [-0.1, -0.05) is 23.7 Å². The Morgan fingerprint density at radius 1 is 1.00 bits per heavy atom. The monoisotopic (exact) mass is 463 g/mol. The van der Waals surface area contributed by atoms with Gasteiger partial charge in [-0.15, -0.1) is 0 Å². The van der Waals surface area contributed by atoms with Crippen molar-refractivity contribution < 1.29 is 17.9 Å². The molecule has 0 bridgehead atoms. The largest absolute Gasteiger partial charge is 0.378 e. The van der Waals surface area contributed by atoms with E-state index in [2.05, 4.69) is 10.2 Å². The number of carbonyl (C=O) groups excluding carboxylic acids is 1. The lowest BCUT2D eigenvalue weighted by Gasteiger charge is -2.28. The fraction of sp³-hybridized carbons (Fsp3) is 0.409. The first-order chi connectivity index (χ1) is 14.9. The minimum atomic E-state index is -3.61. The van der Waals surface area contributed by atoms with Crippen molar-refractivity contribution in [3.63, 3.8) is 0 Å². The van der Waals surface area contributed by atoms with Gasteiger partial charge >= 0.3 is 0 Å². The van der Waals surface area contributed by atoms with Crippen molar-refractivity contribution in [2.45, 2.75) is 24.3 Å². The standard InChI is InChI=1S/C22H26ClN3O4S/c23-21-8-7-19(31(28,29)26-9-1-2-10-26)15-20(21)22(27)24-16-17-3-5-18(6-4-17)25-11-13-30-14-12-25/h3-8,15H,1-2,9-14,16H2,(H,24,27). The van der Waals surface area contributed by atoms with Crippen molar-refractivity contribution in [1.29, 1.82) is 0 Å². The summed E-state index contributed by atoms with van der Waals surface area (Å²) >= 11 is 6.20. The molecule has 31 heavy (non-hydrogen) atoms. The van der Waals surface area contributed by atoms with E-state index in [1.54, 1.807) is 0 Å². The Morgan fingerprint density at radius 3 is 2.35 bits per heavy atom. The van der Waals surface area contributed by atoms with Gasteiger partial charge in [0.2, 0.25) is 10.0 Å². The van der Waals surface area contributed by atoms with Crippen molar-refractivity contribution in [2.24, 2.45) is 0 Å². The van der Waals surface area contributed by atoms with E-state index in [1.807, 2.05) is 24.3 Å². The number of amides is 1. The second-order valence-corrected chi connectivity index (χ2v) is 10.0. The van der Waals surface area contributed by atoms with Crippen LogP contribution in [0, 0.1) is 0 Å². The molecule has 1 N–H and O–H groups in total. The molecule has 0 atom stereocenters. The first-order valence-electron chi connectivity index (χ1n) is 10.4. The second-order valence-electron chi connectivity index (χ2n) is 7.70. The van der Waals surface area contributed by atoms with Crippen LogP contribution >= 0.6 is 11.6 Å². The number of anilines is 1. The summed E-state index contributed by atoms with van der Waals surface area (Å²) in [7, 11) is -3.61. The number of hydrogen-bond acceptors (Lipinski definition) is 5. The molecule has 166 valence electrons. The summed E-state index contributed by atoms with van der Waals surface area (Å²) in [6.45, 7) is 4.52. The molecule has 1 amide bonds. The maximum Gasteiger partial charge on any atom is 0.253 e. The number of sulfonamides is 1. The molecular weight excluding hydrogens is 438 g/mol. The van der Waals surface area contributed by atoms with Crippen LogP contribution < -0.4 is 10.2 Å². The van der Waals surface area contributed by atoms with Crippen molar-refractivity contribution in [3.05, 3.63) is 58.6 Å². The number of ether oxygens (including phenoxy) is 1. The van der Waals surface area contributed by atoms with Crippen molar-refractivity contribution in [3.8, 4) is 0 Å². The number of nitrogens with one attached hydrogen (secondary N) is 1. The zero-order chi connectivity index (χ0) is 21.8. The summed E-state index contributed by atoms with van der Waals surface area (Å²) < 4.78 is 32.4. The van der Waals surface area contributed by atoms with E-state index in [1.165, 1.54) is 22.5 Å². The lowest BCUT2D eigenvalue weighted by atomic mass is 10.1. The van der Waals surface area contributed by atoms with Crippen LogP contribution in [0.25, 0.3) is 0 Å². The first kappa shape index (κ1) is 22.1. The van der Waals surface area contributed by atoms with Crippen LogP contribution in [-0.2, 0) is 21.3 Å². The Kier molecular flexibility index (Phi) is 6.81. The quantitative estimate of drug-likeness (QED) is 0.712. The second kappa shape index (κ2) is 9.56. The van der Waals surface area contributed by atoms with E-state index in [0.29, 0.717) is 19.6 Å². The SMILES string of the molecule is O=C(NCc1ccc(N2CCOCC2)cc1)c1cc(S(=O)(=O)N2CCCC2)ccc1Cl. The van der Waals surface area contributed by atoms with Gasteiger partial charge in [0.15, 0.2) is 0 Å². The van der Waals surface area contributed by atoms with Gasteiger partial charge in [-0.25, -0.2) is 8.42 Å². The van der Waals surface area contributed by atoms with Crippen LogP contribution in [0.1, 0.15) is 28.8 Å². The maximum atomic E-state index is 12.8. The molecule has 9 heteroatoms. The molecule has 2 aromatic rings. The summed E-state index contributed by atoms with van der Waals surface area (Å²) in [5, 5.41) is 3.06. The first-order valence-corrected chi connectivity index (χ1v) is 12.3. The molecule has 2 heterocycles. The third-order valence-corrected chi connectivity index (χ3v) is 7.88. The minimum absolute atomic E-state index is 0.0961. The summed E-state index contributed by atoms with van der Waals surface area (Å²) in [5.74, 6) is -0.402. The van der Waals surface area contributed by atoms with Crippen molar-refractivity contribution >= 4 is 33.2 Å². The molecule has 7 nitrogen and oxygen atoms in total. The topological polar surface area (TPSA) is 79.0 Å². The van der Waals surface area contributed by atoms with Gasteiger partial charge in [-0.2, -0.15) is 4.31 Å². The predicted molar refractivity (Wildman–Crippen MR) is 120 cm³/mol. The Bertz CT molecular complexity index is 1030. The van der Waals surface area contributed by atoms with Gasteiger partial charge in [-0.05, 0) is 48.7 Å². The third kappa shape index (κ3) is 5.03. The third-order valence-electron chi connectivity index (χ3n) is 5.65. The number of morpholine rings is 1. The predicted octanol–water partition coefficient (Wildman–Crippen LogP) is 2.89. The van der Waals surface area contributed by atoms with Gasteiger partial charge in [-0.3, -0.25) is 4.79 Å². The van der Waals surface area contributed by atoms with E-state index in [-0.39, 0.29) is 15.5 Å². The number of benzene rings is 2. The van der Waals surface area contributed by atoms with Crippen LogP contribution in [-0.4, -0.2) is 58.0 Å². The Morgan fingerprint density at radius 2 is 1.68 bits per heavy atom. The van der Waals surface area contributed by atoms with Crippen LogP contribution in [0.3, 0.4) is 0 Å². The molecular formula is C22H26ClN3O4S. The number of rotatable bonds is 6. The Labute approximate surface area is 188 Å². The van der Waals surface area contributed by atoms with Crippen LogP contribution in [0.5, 0.6) is 0 Å². The van der Waals surface area contributed by atoms with Gasteiger partial charge in [0.05, 0.1) is 28.7 Å². The van der Waals surface area contributed by atoms with E-state index >= 15 is 0 Å². The van der Waals surface area contributed by atoms with Gasteiger partial charge < -0.3 is 15.0 Å². The molecule has 2 aromatic carbocycles. The molecule has 2 saturated heterocycles. The van der Waals surface area contributed by atoms with Gasteiger partial charge in [0.25, 0.3) is 5.91 Å². The molecule has 2 aliphatic rings. The summed E-state index contributed by atoms with van der Waals surface area (Å²) in [6.07, 6.45) is 1.70. The van der Waals surface area contributed by atoms with Crippen LogP contribution in [0.2, 0.25) is 5.02 Å². The van der Waals surface area contributed by atoms with Gasteiger partial charge in [0, 0.05) is 38.4 Å². The zero-order valence-corrected chi connectivity index (χ0v) is 18.8. The summed E-state index contributed by atoms with van der Waals surface area (Å²) in [6, 6.07) is 12.3. The molecule has 0 aliphatic carbocycles. The average Bonchev–Trinajstić information content (AvgIpc) is 3.35. The maximum absolute atomic E-state index is 12.8. The Balaban J connectivity index is 1.42. The van der Waals surface area contributed by atoms with Crippen LogP contribution in [0.15, 0.2) is 47.4 Å². The fourth-order valence-corrected chi connectivity index (χ4v) is 5.59. The zero-order valence-electron chi connectivity index (χ0n) is 17.2. The molecule has 0 spiro atoms. The smallest absolute Gasteiger partial charge is 0.253 e. The van der Waals surface area contributed by atoms with E-state index in [4.69, 9.17) is 16.3 Å². The summed E-state index contributed by atoms with van der Waals surface area (Å²) in [5.41, 5.74) is 2.23. The molecule has 0 radical (unpaired) electrons. The van der Waals surface area contributed by atoms with Gasteiger partial charge in [0.1, 0.15) is 0 Å². The van der Waals surface area contributed by atoms with Crippen LogP contribution in [0.4, 0.5) is 5.69 Å². The molecule has 0 saturated carbocycles. The lowest BCUT2D eigenvalue weighted by molar-refractivity contribution is 0.0951. The number of halogens is 1. The number of hydrogen-bond donors (Lipinski definition) is 1. The molecule has 0 aromatic heterocycles. The number of nitrogens with zero attached hydrogens (tertiary/aromatic N) is 2. The minimum Gasteiger partial charge on any atom is -0.378 e. The van der Waals surface area contributed by atoms with Crippen molar-refractivity contribution in [2.75, 3.05) is 44.3 Å². The highest BCUT2D eigenvalue weighted by Gasteiger charge is 2.28. The van der Waals surface area contributed by atoms with Crippen molar-refractivity contribution in [1.82, 2.24) is 9.62 Å². The highest BCUT2D eigenvalue weighted by molar-refractivity contribution is 7.89. The van der Waals surface area contributed by atoms with E-state index in [9.17, 15) is 13.2 Å². The fourth-order valence-electron chi connectivity index (χ4n) is 3.84. The molecule has 4 rings (SSSR count). The normalized spacial score (nSPS) is 17.6. The lowest BCUT2D eigenvalue weighted by Crippen LogP contribution is -2.36. The molecule has 2 fully saturated rings. The summed E-state index contributed by atoms with van der Waals surface area (Å²) in [4.78, 5) is 15.1. The van der Waals surface area contributed by atoms with E-state index in [0.717, 1.165) is 50.4 Å². The Hall–Kier alpha value is -2.13. The highest BCUT2D eigenvalue weighted by atomic mass is 35.5. The molecule has 2 aliphatic heterocycles.